The van der Waals surface area contributed by atoms with Crippen LogP contribution in [0.15, 0.2) is 24.3 Å². The second-order valence-corrected chi connectivity index (χ2v) is 4.74. The van der Waals surface area contributed by atoms with Gasteiger partial charge in [0.15, 0.2) is 0 Å². The van der Waals surface area contributed by atoms with Crippen molar-refractivity contribution >= 4 is 6.03 Å². The van der Waals surface area contributed by atoms with E-state index in [1.165, 1.54) is 18.2 Å². The molecule has 1 aromatic carbocycles. The van der Waals surface area contributed by atoms with E-state index in [2.05, 4.69) is 16.0 Å². The van der Waals surface area contributed by atoms with Crippen molar-refractivity contribution in [3.8, 4) is 0 Å². The lowest BCUT2D eigenvalue weighted by atomic mass is 10.0. The van der Waals surface area contributed by atoms with Gasteiger partial charge >= 0.3 is 12.2 Å². The van der Waals surface area contributed by atoms with Crippen LogP contribution in [0.1, 0.15) is 11.1 Å². The van der Waals surface area contributed by atoms with Gasteiger partial charge in [-0.25, -0.2) is 4.79 Å². The van der Waals surface area contributed by atoms with Gasteiger partial charge in [0.25, 0.3) is 0 Å². The molecule has 1 aliphatic heterocycles. The van der Waals surface area contributed by atoms with Crippen LogP contribution in [0.3, 0.4) is 0 Å². The Morgan fingerprint density at radius 1 is 1.25 bits per heavy atom. The lowest BCUT2D eigenvalue weighted by Gasteiger charge is -2.27. The lowest BCUT2D eigenvalue weighted by Crippen LogP contribution is -2.49. The van der Waals surface area contributed by atoms with Crippen LogP contribution in [0, 0.1) is 5.92 Å². The highest BCUT2D eigenvalue weighted by molar-refractivity contribution is 5.73. The molecule has 4 nitrogen and oxygen atoms in total. The van der Waals surface area contributed by atoms with Gasteiger partial charge in [-0.2, -0.15) is 13.2 Å². The molecule has 1 aromatic rings. The van der Waals surface area contributed by atoms with E-state index in [0.717, 1.165) is 19.2 Å². The number of hydrogen-bond donors (Lipinski definition) is 3. The largest absolute Gasteiger partial charge is 0.416 e. The van der Waals surface area contributed by atoms with Gasteiger partial charge in [0.1, 0.15) is 0 Å². The number of alkyl halides is 3. The van der Waals surface area contributed by atoms with Gasteiger partial charge in [-0.3, -0.25) is 0 Å². The van der Waals surface area contributed by atoms with Gasteiger partial charge in [0.05, 0.1) is 5.56 Å². The molecule has 1 fully saturated rings. The molecular formula is C13H16F3N3O. The van der Waals surface area contributed by atoms with E-state index in [4.69, 9.17) is 0 Å². The fourth-order valence-electron chi connectivity index (χ4n) is 1.92. The first-order chi connectivity index (χ1) is 9.47. The Bertz CT molecular complexity index is 472. The molecular weight excluding hydrogens is 271 g/mol. The second-order valence-electron chi connectivity index (χ2n) is 4.74. The summed E-state index contributed by atoms with van der Waals surface area (Å²) in [4.78, 5) is 11.5. The zero-order chi connectivity index (χ0) is 14.6. The quantitative estimate of drug-likeness (QED) is 0.790. The third-order valence-corrected chi connectivity index (χ3v) is 3.18. The van der Waals surface area contributed by atoms with Crippen LogP contribution in [0.4, 0.5) is 18.0 Å². The standard InChI is InChI=1S/C13H16F3N3O/c14-13(15,16)11-4-2-1-3-10(11)8-19-12(20)18-7-9-5-17-6-9/h1-4,9,17H,5-8H2,(H2,18,19,20). The lowest BCUT2D eigenvalue weighted by molar-refractivity contribution is -0.138. The Morgan fingerprint density at radius 3 is 2.55 bits per heavy atom. The summed E-state index contributed by atoms with van der Waals surface area (Å²) in [6.45, 7) is 2.10. The average molecular weight is 287 g/mol. The first-order valence-electron chi connectivity index (χ1n) is 6.34. The molecule has 1 heterocycles. The fourth-order valence-corrected chi connectivity index (χ4v) is 1.92. The molecule has 2 rings (SSSR count). The fraction of sp³-hybridized carbons (Fsp3) is 0.462. The molecule has 0 radical (unpaired) electrons. The van der Waals surface area contributed by atoms with E-state index in [0.29, 0.717) is 12.5 Å². The predicted octanol–water partition coefficient (Wildman–Crippen LogP) is 1.72. The number of rotatable bonds is 4. The van der Waals surface area contributed by atoms with Crippen molar-refractivity contribution in [2.24, 2.45) is 5.92 Å². The molecule has 1 saturated heterocycles. The summed E-state index contributed by atoms with van der Waals surface area (Å²) in [6.07, 6.45) is -4.41. The molecule has 0 aliphatic carbocycles. The monoisotopic (exact) mass is 287 g/mol. The zero-order valence-electron chi connectivity index (χ0n) is 10.8. The van der Waals surface area contributed by atoms with Crippen LogP contribution < -0.4 is 16.0 Å². The summed E-state index contributed by atoms with van der Waals surface area (Å²) < 4.78 is 38.2. The number of urea groups is 1. The molecule has 0 spiro atoms. The topological polar surface area (TPSA) is 53.2 Å². The number of halogens is 3. The Kier molecular flexibility index (Phi) is 4.49. The smallest absolute Gasteiger partial charge is 0.338 e. The summed E-state index contributed by atoms with van der Waals surface area (Å²) in [7, 11) is 0. The highest BCUT2D eigenvalue weighted by Crippen LogP contribution is 2.31. The predicted molar refractivity (Wildman–Crippen MR) is 68.0 cm³/mol. The summed E-state index contributed by atoms with van der Waals surface area (Å²) in [5.74, 6) is 0.406. The van der Waals surface area contributed by atoms with E-state index < -0.39 is 17.8 Å². The Labute approximate surface area is 114 Å². The maximum atomic E-state index is 12.7. The van der Waals surface area contributed by atoms with E-state index in [9.17, 15) is 18.0 Å². The molecule has 7 heteroatoms. The molecule has 1 aliphatic rings. The molecule has 0 aromatic heterocycles. The minimum Gasteiger partial charge on any atom is -0.338 e. The first-order valence-corrected chi connectivity index (χ1v) is 6.34. The SMILES string of the molecule is O=C(NCc1ccccc1C(F)(F)F)NCC1CNC1. The Hall–Kier alpha value is -1.76. The number of carbonyl (C=O) groups is 1. The van der Waals surface area contributed by atoms with Crippen molar-refractivity contribution in [3.63, 3.8) is 0 Å². The molecule has 0 saturated carbocycles. The van der Waals surface area contributed by atoms with E-state index in [1.54, 1.807) is 0 Å². The average Bonchev–Trinajstić information content (AvgIpc) is 2.34. The highest BCUT2D eigenvalue weighted by atomic mass is 19.4. The molecule has 0 atom stereocenters. The number of hydrogen-bond acceptors (Lipinski definition) is 2. The van der Waals surface area contributed by atoms with Gasteiger partial charge in [0, 0.05) is 32.1 Å². The third-order valence-electron chi connectivity index (χ3n) is 3.18. The molecule has 20 heavy (non-hydrogen) atoms. The summed E-state index contributed by atoms with van der Waals surface area (Å²) in [6, 6.07) is 4.77. The van der Waals surface area contributed by atoms with E-state index in [-0.39, 0.29) is 12.1 Å². The van der Waals surface area contributed by atoms with Crippen LogP contribution in [-0.2, 0) is 12.7 Å². The van der Waals surface area contributed by atoms with Crippen molar-refractivity contribution in [3.05, 3.63) is 35.4 Å². The second kappa shape index (κ2) is 6.13. The van der Waals surface area contributed by atoms with Gasteiger partial charge in [-0.1, -0.05) is 18.2 Å². The highest BCUT2D eigenvalue weighted by Gasteiger charge is 2.32. The van der Waals surface area contributed by atoms with Gasteiger partial charge in [-0.15, -0.1) is 0 Å². The summed E-state index contributed by atoms with van der Waals surface area (Å²) in [5.41, 5.74) is -0.663. The number of amides is 2. The number of carbonyl (C=O) groups excluding carboxylic acids is 1. The van der Waals surface area contributed by atoms with Gasteiger partial charge in [-0.05, 0) is 11.6 Å². The van der Waals surface area contributed by atoms with Crippen molar-refractivity contribution < 1.29 is 18.0 Å². The molecule has 2 amide bonds. The van der Waals surface area contributed by atoms with Crippen LogP contribution in [-0.4, -0.2) is 25.7 Å². The summed E-state index contributed by atoms with van der Waals surface area (Å²) in [5, 5.41) is 8.16. The summed E-state index contributed by atoms with van der Waals surface area (Å²) >= 11 is 0. The molecule has 0 unspecified atom stereocenters. The number of nitrogens with one attached hydrogen (secondary N) is 3. The third kappa shape index (κ3) is 3.86. The Balaban J connectivity index is 1.85. The number of benzene rings is 1. The molecule has 3 N–H and O–H groups in total. The van der Waals surface area contributed by atoms with Crippen LogP contribution in [0.2, 0.25) is 0 Å². The Morgan fingerprint density at radius 2 is 1.95 bits per heavy atom. The normalized spacial score (nSPS) is 15.6. The van der Waals surface area contributed by atoms with Crippen LogP contribution in [0.25, 0.3) is 0 Å². The van der Waals surface area contributed by atoms with Crippen molar-refractivity contribution in [1.82, 2.24) is 16.0 Å². The van der Waals surface area contributed by atoms with E-state index in [1.807, 2.05) is 0 Å². The zero-order valence-corrected chi connectivity index (χ0v) is 10.8. The van der Waals surface area contributed by atoms with Crippen LogP contribution >= 0.6 is 0 Å². The van der Waals surface area contributed by atoms with Crippen molar-refractivity contribution in [2.75, 3.05) is 19.6 Å². The first kappa shape index (κ1) is 14.6. The maximum absolute atomic E-state index is 12.7. The molecule has 0 bridgehead atoms. The van der Waals surface area contributed by atoms with Gasteiger partial charge in [0.2, 0.25) is 0 Å². The van der Waals surface area contributed by atoms with Crippen LogP contribution in [0.5, 0.6) is 0 Å². The van der Waals surface area contributed by atoms with Crippen molar-refractivity contribution in [2.45, 2.75) is 12.7 Å². The van der Waals surface area contributed by atoms with Gasteiger partial charge < -0.3 is 16.0 Å². The maximum Gasteiger partial charge on any atom is 0.416 e. The minimum atomic E-state index is -4.41. The van der Waals surface area contributed by atoms with E-state index >= 15 is 0 Å². The molecule has 110 valence electrons. The minimum absolute atomic E-state index is 0.0560. The van der Waals surface area contributed by atoms with Crippen molar-refractivity contribution in [1.29, 1.82) is 0 Å².